The van der Waals surface area contributed by atoms with Crippen LogP contribution in [0.3, 0.4) is 0 Å². The molecule has 0 spiro atoms. The van der Waals surface area contributed by atoms with Crippen LogP contribution in [0.4, 0.5) is 0 Å². The van der Waals surface area contributed by atoms with Gasteiger partial charge in [0.1, 0.15) is 12.6 Å². The van der Waals surface area contributed by atoms with Crippen molar-refractivity contribution in [1.82, 2.24) is 4.90 Å². The van der Waals surface area contributed by atoms with E-state index in [0.717, 1.165) is 49.4 Å². The standard InChI is InChI=1S/C38H31NO4S/c1-42-35(40)23-30-31(34-21-12-22-44-34)24-39(36(30)37(41)43-25-26-13-4-2-5-14-26)38(27-15-6-3-7-16-27)32-19-10-8-17-28(32)29-18-9-11-20-33(29)38/h2-22,36H,23-25H2,1H3/t36-/m0/s1. The molecule has 1 atom stereocenters. The number of ether oxygens (including phenoxy) is 2. The Morgan fingerprint density at radius 3 is 2.02 bits per heavy atom. The van der Waals surface area contributed by atoms with Gasteiger partial charge in [0.15, 0.2) is 0 Å². The number of fused-ring (bicyclic) bond motifs is 3. The lowest BCUT2D eigenvalue weighted by atomic mass is 9.78. The first-order chi connectivity index (χ1) is 21.6. The van der Waals surface area contributed by atoms with Crippen molar-refractivity contribution in [2.24, 2.45) is 0 Å². The number of thiophene rings is 1. The van der Waals surface area contributed by atoms with Crippen molar-refractivity contribution in [3.8, 4) is 11.1 Å². The minimum absolute atomic E-state index is 0.0144. The highest BCUT2D eigenvalue weighted by atomic mass is 32.1. The summed E-state index contributed by atoms with van der Waals surface area (Å²) in [5.74, 6) is -0.783. The lowest BCUT2D eigenvalue weighted by Crippen LogP contribution is -2.53. The second kappa shape index (κ2) is 11.7. The summed E-state index contributed by atoms with van der Waals surface area (Å²) in [6.07, 6.45) is -0.0144. The van der Waals surface area contributed by atoms with Gasteiger partial charge in [0.05, 0.1) is 19.1 Å². The van der Waals surface area contributed by atoms with Crippen LogP contribution < -0.4 is 0 Å². The van der Waals surface area contributed by atoms with Crippen molar-refractivity contribution in [2.75, 3.05) is 13.7 Å². The Hall–Kier alpha value is -4.78. The summed E-state index contributed by atoms with van der Waals surface area (Å²) in [5.41, 5.74) is 7.24. The fraction of sp³-hybridized carbons (Fsp3) is 0.158. The number of nitrogens with zero attached hydrogens (tertiary/aromatic N) is 1. The van der Waals surface area contributed by atoms with Crippen LogP contribution in [0.2, 0.25) is 0 Å². The van der Waals surface area contributed by atoms with Crippen LogP contribution in [0, 0.1) is 0 Å². The van der Waals surface area contributed by atoms with Crippen LogP contribution in [0.5, 0.6) is 0 Å². The van der Waals surface area contributed by atoms with E-state index in [9.17, 15) is 9.59 Å². The number of esters is 2. The van der Waals surface area contributed by atoms with E-state index in [2.05, 4.69) is 71.6 Å². The third-order valence-electron chi connectivity index (χ3n) is 8.73. The molecule has 218 valence electrons. The maximum Gasteiger partial charge on any atom is 0.328 e. The fourth-order valence-corrected chi connectivity index (χ4v) is 7.70. The fourth-order valence-electron chi connectivity index (χ4n) is 6.90. The van der Waals surface area contributed by atoms with E-state index in [1.54, 1.807) is 11.3 Å². The average Bonchev–Trinajstić information content (AvgIpc) is 3.81. The number of carbonyl (C=O) groups excluding carboxylic acids is 2. The van der Waals surface area contributed by atoms with Gasteiger partial charge in [-0.2, -0.15) is 0 Å². The molecule has 5 nitrogen and oxygen atoms in total. The Morgan fingerprint density at radius 2 is 1.41 bits per heavy atom. The van der Waals surface area contributed by atoms with Crippen molar-refractivity contribution in [3.63, 3.8) is 0 Å². The van der Waals surface area contributed by atoms with Crippen molar-refractivity contribution in [2.45, 2.75) is 24.6 Å². The van der Waals surface area contributed by atoms with E-state index >= 15 is 0 Å². The van der Waals surface area contributed by atoms with E-state index in [1.165, 1.54) is 7.11 Å². The van der Waals surface area contributed by atoms with Gasteiger partial charge < -0.3 is 9.47 Å². The Bertz CT molecular complexity index is 1800. The molecular weight excluding hydrogens is 566 g/mol. The van der Waals surface area contributed by atoms with E-state index in [1.807, 2.05) is 60.0 Å². The Labute approximate surface area is 261 Å². The molecule has 1 aliphatic heterocycles. The van der Waals surface area contributed by atoms with E-state index < -0.39 is 23.5 Å². The van der Waals surface area contributed by atoms with E-state index in [-0.39, 0.29) is 13.0 Å². The molecule has 5 aromatic rings. The Kier molecular flexibility index (Phi) is 7.46. The monoisotopic (exact) mass is 597 g/mol. The number of rotatable bonds is 8. The van der Waals surface area contributed by atoms with Crippen LogP contribution in [-0.2, 0) is 31.2 Å². The number of carbonyl (C=O) groups is 2. The van der Waals surface area contributed by atoms with Gasteiger partial charge in [0.25, 0.3) is 0 Å². The molecule has 2 heterocycles. The van der Waals surface area contributed by atoms with Gasteiger partial charge in [-0.3, -0.25) is 9.69 Å². The highest BCUT2D eigenvalue weighted by Gasteiger charge is 2.56. The zero-order valence-electron chi connectivity index (χ0n) is 24.3. The molecule has 0 unspecified atom stereocenters. The van der Waals surface area contributed by atoms with Gasteiger partial charge in [-0.25, -0.2) is 4.79 Å². The average molecular weight is 598 g/mol. The maximum absolute atomic E-state index is 14.5. The normalized spacial score (nSPS) is 16.8. The van der Waals surface area contributed by atoms with Gasteiger partial charge in [-0.15, -0.1) is 11.3 Å². The third-order valence-corrected chi connectivity index (χ3v) is 9.66. The van der Waals surface area contributed by atoms with E-state index in [4.69, 9.17) is 9.47 Å². The summed E-state index contributed by atoms with van der Waals surface area (Å²) < 4.78 is 11.3. The molecule has 44 heavy (non-hydrogen) atoms. The molecule has 0 saturated carbocycles. The topological polar surface area (TPSA) is 55.8 Å². The molecule has 0 amide bonds. The Morgan fingerprint density at radius 1 is 0.795 bits per heavy atom. The van der Waals surface area contributed by atoms with Crippen LogP contribution in [-0.4, -0.2) is 36.5 Å². The van der Waals surface area contributed by atoms with Crippen LogP contribution in [0.15, 0.2) is 132 Å². The minimum atomic E-state index is -0.839. The second-order valence-corrected chi connectivity index (χ2v) is 12.0. The zero-order valence-corrected chi connectivity index (χ0v) is 25.1. The number of methoxy groups -OCH3 is 1. The van der Waals surface area contributed by atoms with Crippen molar-refractivity contribution in [3.05, 3.63) is 159 Å². The molecule has 1 aromatic heterocycles. The molecule has 2 aliphatic rings. The smallest absolute Gasteiger partial charge is 0.328 e. The predicted octanol–water partition coefficient (Wildman–Crippen LogP) is 7.46. The highest BCUT2D eigenvalue weighted by molar-refractivity contribution is 7.11. The van der Waals surface area contributed by atoms with Crippen LogP contribution in [0.1, 0.15) is 33.6 Å². The molecule has 0 bridgehead atoms. The summed E-state index contributed by atoms with van der Waals surface area (Å²) >= 11 is 1.60. The van der Waals surface area contributed by atoms with Crippen molar-refractivity contribution >= 4 is 28.8 Å². The third kappa shape index (κ3) is 4.58. The molecule has 4 aromatic carbocycles. The maximum atomic E-state index is 14.5. The molecule has 0 radical (unpaired) electrons. The molecular formula is C38H31NO4S. The molecule has 0 N–H and O–H groups in total. The molecule has 1 aliphatic carbocycles. The first-order valence-corrected chi connectivity index (χ1v) is 15.6. The molecule has 7 rings (SSSR count). The first-order valence-electron chi connectivity index (χ1n) is 14.7. The van der Waals surface area contributed by atoms with Crippen molar-refractivity contribution in [1.29, 1.82) is 0 Å². The summed E-state index contributed by atoms with van der Waals surface area (Å²) in [6, 6.07) is 40.1. The van der Waals surface area contributed by atoms with Gasteiger partial charge in [0.2, 0.25) is 0 Å². The number of hydrogen-bond acceptors (Lipinski definition) is 6. The minimum Gasteiger partial charge on any atom is -0.469 e. The SMILES string of the molecule is COC(=O)CC1=C(c2cccs2)CN(C2(c3ccccc3)c3ccccc3-c3ccccc32)[C@@H]1C(=O)OCc1ccccc1. The summed E-state index contributed by atoms with van der Waals surface area (Å²) in [6.45, 7) is 0.574. The van der Waals surface area contributed by atoms with E-state index in [0.29, 0.717) is 6.54 Å². The van der Waals surface area contributed by atoms with Crippen LogP contribution in [0.25, 0.3) is 16.7 Å². The Balaban J connectivity index is 1.47. The van der Waals surface area contributed by atoms with Gasteiger partial charge >= 0.3 is 11.9 Å². The van der Waals surface area contributed by atoms with Crippen molar-refractivity contribution < 1.29 is 19.1 Å². The summed E-state index contributed by atoms with van der Waals surface area (Å²) in [4.78, 5) is 30.8. The van der Waals surface area contributed by atoms with Gasteiger partial charge in [0, 0.05) is 11.4 Å². The quantitative estimate of drug-likeness (QED) is 0.174. The zero-order chi connectivity index (χ0) is 30.1. The van der Waals surface area contributed by atoms with Gasteiger partial charge in [-0.05, 0) is 56.0 Å². The lowest BCUT2D eigenvalue weighted by Gasteiger charge is -2.44. The molecule has 6 heteroatoms. The summed E-state index contributed by atoms with van der Waals surface area (Å²) in [5, 5.41) is 2.02. The highest BCUT2D eigenvalue weighted by Crippen LogP contribution is 2.57. The number of benzene rings is 4. The lowest BCUT2D eigenvalue weighted by molar-refractivity contribution is -0.151. The summed E-state index contributed by atoms with van der Waals surface area (Å²) in [7, 11) is 1.39. The largest absolute Gasteiger partial charge is 0.469 e. The van der Waals surface area contributed by atoms with Gasteiger partial charge in [-0.1, -0.05) is 115 Å². The molecule has 0 saturated heterocycles. The number of hydrogen-bond donors (Lipinski definition) is 0. The second-order valence-electron chi connectivity index (χ2n) is 11.0. The van der Waals surface area contributed by atoms with Crippen LogP contribution >= 0.6 is 11.3 Å². The predicted molar refractivity (Wildman–Crippen MR) is 173 cm³/mol. The first kappa shape index (κ1) is 28.0. The molecule has 0 fully saturated rings.